The molecule has 10 nitrogen and oxygen atoms in total. The maximum atomic E-state index is 13.9. The van der Waals surface area contributed by atoms with Crippen molar-refractivity contribution in [1.82, 2.24) is 19.7 Å². The van der Waals surface area contributed by atoms with Gasteiger partial charge in [-0.15, -0.1) is 0 Å². The third-order valence-electron chi connectivity index (χ3n) is 5.69. The molecule has 0 fully saturated rings. The number of hydrogen-bond acceptors (Lipinski definition) is 7. The summed E-state index contributed by atoms with van der Waals surface area (Å²) in [6.07, 6.45) is 1.33. The Hall–Kier alpha value is -4.20. The number of aromatic nitrogens is 3. The highest BCUT2D eigenvalue weighted by atomic mass is 35.5. The molecular formula is C25H20ClF2N5O5S. The van der Waals surface area contributed by atoms with Crippen LogP contribution in [0.4, 0.5) is 14.5 Å². The van der Waals surface area contributed by atoms with E-state index in [1.165, 1.54) is 50.6 Å². The van der Waals surface area contributed by atoms with Gasteiger partial charge in [-0.2, -0.15) is 15.4 Å². The molecule has 0 spiro atoms. The van der Waals surface area contributed by atoms with E-state index in [1.54, 1.807) is 0 Å². The predicted octanol–water partition coefficient (Wildman–Crippen LogP) is 4.36. The molecular weight excluding hydrogens is 556 g/mol. The second kappa shape index (κ2) is 10.9. The number of hydrogen-bond donors (Lipinski definition) is 2. The molecule has 14 heteroatoms. The van der Waals surface area contributed by atoms with Crippen molar-refractivity contribution < 1.29 is 31.5 Å². The molecule has 0 unspecified atom stereocenters. The lowest BCUT2D eigenvalue weighted by Gasteiger charge is -2.18. The molecule has 39 heavy (non-hydrogen) atoms. The monoisotopic (exact) mass is 575 g/mol. The number of H-pyrrole nitrogens is 1. The van der Waals surface area contributed by atoms with Crippen molar-refractivity contribution in [2.75, 3.05) is 26.5 Å². The number of esters is 1. The van der Waals surface area contributed by atoms with Crippen LogP contribution in [-0.2, 0) is 14.8 Å². The minimum Gasteiger partial charge on any atom is -0.465 e. The van der Waals surface area contributed by atoms with Crippen molar-refractivity contribution in [3.63, 3.8) is 0 Å². The summed E-state index contributed by atoms with van der Waals surface area (Å²) in [6.45, 7) is 0. The quantitative estimate of drug-likeness (QED) is 0.313. The molecule has 0 radical (unpaired) electrons. The Labute approximate surface area is 226 Å². The molecule has 4 aromatic rings. The van der Waals surface area contributed by atoms with Gasteiger partial charge in [-0.05, 0) is 47.5 Å². The summed E-state index contributed by atoms with van der Waals surface area (Å²) >= 11 is 6.40. The molecule has 0 saturated heterocycles. The van der Waals surface area contributed by atoms with Crippen molar-refractivity contribution >= 4 is 39.2 Å². The second-order valence-corrected chi connectivity index (χ2v) is 10.8. The standard InChI is InChI=1S/C25H20ClF2N5O5S/c1-33(2)39(36,37)23-11-16(22-12-29-32-31-22)18(26)10-17(23)24(34)30-21-9-14(4-6-15(21)25(35)38-3)13-5-7-19(27)20(28)8-13/h4-12H,1-3H3,(H,30,34)(H,29,31,32). The average Bonchev–Trinajstić information content (AvgIpc) is 3.44. The first-order valence-corrected chi connectivity index (χ1v) is 12.9. The van der Waals surface area contributed by atoms with E-state index in [4.69, 9.17) is 16.3 Å². The predicted molar refractivity (Wildman–Crippen MR) is 139 cm³/mol. The molecule has 202 valence electrons. The summed E-state index contributed by atoms with van der Waals surface area (Å²) in [5, 5.41) is 12.6. The number of aromatic amines is 1. The fraction of sp³-hybridized carbons (Fsp3) is 0.120. The zero-order chi connectivity index (χ0) is 28.5. The van der Waals surface area contributed by atoms with Crippen LogP contribution in [0.25, 0.3) is 22.4 Å². The third-order valence-corrected chi connectivity index (χ3v) is 7.86. The van der Waals surface area contributed by atoms with Crippen LogP contribution in [0.1, 0.15) is 20.7 Å². The highest BCUT2D eigenvalue weighted by molar-refractivity contribution is 7.89. The van der Waals surface area contributed by atoms with E-state index in [1.807, 2.05) is 0 Å². The van der Waals surface area contributed by atoms with Crippen molar-refractivity contribution in [2.24, 2.45) is 0 Å². The Balaban J connectivity index is 1.84. The molecule has 0 bridgehead atoms. The van der Waals surface area contributed by atoms with Crippen LogP contribution in [0.5, 0.6) is 0 Å². The number of nitrogens with one attached hydrogen (secondary N) is 2. The van der Waals surface area contributed by atoms with E-state index in [0.717, 1.165) is 29.6 Å². The third kappa shape index (κ3) is 5.50. The maximum Gasteiger partial charge on any atom is 0.339 e. The van der Waals surface area contributed by atoms with E-state index < -0.39 is 33.5 Å². The number of nitrogens with zero attached hydrogens (tertiary/aromatic N) is 3. The molecule has 0 aliphatic carbocycles. The summed E-state index contributed by atoms with van der Waals surface area (Å²) in [7, 11) is -0.452. The lowest BCUT2D eigenvalue weighted by Crippen LogP contribution is -2.26. The lowest BCUT2D eigenvalue weighted by atomic mass is 10.0. The van der Waals surface area contributed by atoms with E-state index in [2.05, 4.69) is 20.7 Å². The Morgan fingerprint density at radius 3 is 2.31 bits per heavy atom. The van der Waals surface area contributed by atoms with Crippen molar-refractivity contribution in [3.05, 3.63) is 82.5 Å². The number of sulfonamides is 1. The summed E-state index contributed by atoms with van der Waals surface area (Å²) in [6, 6.07) is 9.71. The van der Waals surface area contributed by atoms with E-state index in [9.17, 15) is 26.8 Å². The number of anilines is 1. The average molecular weight is 576 g/mol. The molecule has 1 heterocycles. The largest absolute Gasteiger partial charge is 0.465 e. The zero-order valence-corrected chi connectivity index (χ0v) is 22.2. The van der Waals surface area contributed by atoms with Gasteiger partial charge in [-0.3, -0.25) is 4.79 Å². The van der Waals surface area contributed by atoms with Gasteiger partial charge in [0.2, 0.25) is 10.0 Å². The summed E-state index contributed by atoms with van der Waals surface area (Å²) < 4.78 is 59.4. The highest BCUT2D eigenvalue weighted by Crippen LogP contribution is 2.34. The minimum atomic E-state index is -4.18. The number of methoxy groups -OCH3 is 1. The molecule has 1 amide bonds. The minimum absolute atomic E-state index is 0.00971. The number of ether oxygens (including phenoxy) is 1. The van der Waals surface area contributed by atoms with Crippen LogP contribution < -0.4 is 5.32 Å². The van der Waals surface area contributed by atoms with E-state index in [-0.39, 0.29) is 43.6 Å². The fourth-order valence-electron chi connectivity index (χ4n) is 3.65. The molecule has 0 atom stereocenters. The number of amides is 1. The van der Waals surface area contributed by atoms with Gasteiger partial charge in [0.15, 0.2) is 11.6 Å². The van der Waals surface area contributed by atoms with E-state index in [0.29, 0.717) is 5.56 Å². The van der Waals surface area contributed by atoms with Gasteiger partial charge in [0, 0.05) is 19.7 Å². The van der Waals surface area contributed by atoms with Crippen molar-refractivity contribution in [2.45, 2.75) is 4.90 Å². The first-order chi connectivity index (χ1) is 18.4. The summed E-state index contributed by atoms with van der Waals surface area (Å²) in [4.78, 5) is 25.6. The van der Waals surface area contributed by atoms with Gasteiger partial charge in [0.1, 0.15) is 5.69 Å². The number of rotatable bonds is 7. The lowest BCUT2D eigenvalue weighted by molar-refractivity contribution is 0.0602. The molecule has 0 aliphatic heterocycles. The van der Waals surface area contributed by atoms with Crippen LogP contribution in [0, 0.1) is 11.6 Å². The Kier molecular flexibility index (Phi) is 7.77. The van der Waals surface area contributed by atoms with Gasteiger partial charge in [-0.25, -0.2) is 26.3 Å². The molecule has 2 N–H and O–H groups in total. The second-order valence-electron chi connectivity index (χ2n) is 8.31. The van der Waals surface area contributed by atoms with Gasteiger partial charge < -0.3 is 10.1 Å². The molecule has 4 rings (SSSR count). The Bertz CT molecular complexity index is 1700. The van der Waals surface area contributed by atoms with Crippen LogP contribution >= 0.6 is 11.6 Å². The van der Waals surface area contributed by atoms with Gasteiger partial charge >= 0.3 is 5.97 Å². The zero-order valence-electron chi connectivity index (χ0n) is 20.6. The van der Waals surface area contributed by atoms with Crippen molar-refractivity contribution in [1.29, 1.82) is 0 Å². The van der Waals surface area contributed by atoms with Crippen molar-refractivity contribution in [3.8, 4) is 22.4 Å². The van der Waals surface area contributed by atoms with Crippen LogP contribution in [0.2, 0.25) is 5.02 Å². The first kappa shape index (κ1) is 27.8. The van der Waals surface area contributed by atoms with Crippen LogP contribution in [-0.4, -0.2) is 61.2 Å². The highest BCUT2D eigenvalue weighted by Gasteiger charge is 2.28. The normalized spacial score (nSPS) is 11.5. The van der Waals surface area contributed by atoms with Gasteiger partial charge in [0.05, 0.1) is 40.0 Å². The molecule has 0 saturated carbocycles. The molecule has 0 aliphatic rings. The SMILES string of the molecule is COC(=O)c1ccc(-c2ccc(F)c(F)c2)cc1NC(=O)c1cc(Cl)c(-c2cn[nH]n2)cc1S(=O)(=O)N(C)C. The molecule has 3 aromatic carbocycles. The summed E-state index contributed by atoms with van der Waals surface area (Å²) in [5.74, 6) is -3.85. The number of carbonyl (C=O) groups is 2. The number of carbonyl (C=O) groups excluding carboxylic acids is 2. The topological polar surface area (TPSA) is 134 Å². The van der Waals surface area contributed by atoms with Crippen LogP contribution in [0.3, 0.4) is 0 Å². The van der Waals surface area contributed by atoms with Crippen LogP contribution in [0.15, 0.2) is 59.6 Å². The Morgan fingerprint density at radius 1 is 1.00 bits per heavy atom. The summed E-state index contributed by atoms with van der Waals surface area (Å²) in [5.41, 5.74) is 0.579. The molecule has 1 aromatic heterocycles. The van der Waals surface area contributed by atoms with Gasteiger partial charge in [0.25, 0.3) is 5.91 Å². The maximum absolute atomic E-state index is 13.9. The smallest absolute Gasteiger partial charge is 0.339 e. The fourth-order valence-corrected chi connectivity index (χ4v) is 5.00. The Morgan fingerprint density at radius 2 is 1.69 bits per heavy atom. The number of halogens is 3. The van der Waals surface area contributed by atoms with E-state index >= 15 is 0 Å². The first-order valence-electron chi connectivity index (χ1n) is 11.1. The number of benzene rings is 3. The van der Waals surface area contributed by atoms with Gasteiger partial charge in [-0.1, -0.05) is 23.7 Å².